The van der Waals surface area contributed by atoms with Crippen molar-refractivity contribution in [1.82, 2.24) is 15.2 Å². The molecule has 0 saturated heterocycles. The number of rotatable bonds is 6. The van der Waals surface area contributed by atoms with Gasteiger partial charge in [-0.25, -0.2) is 10.1 Å². The molecule has 3 rings (SSSR count). The Morgan fingerprint density at radius 1 is 1.21 bits per heavy atom. The van der Waals surface area contributed by atoms with Gasteiger partial charge in [0.15, 0.2) is 6.61 Å². The molecule has 0 aliphatic rings. The van der Waals surface area contributed by atoms with E-state index in [1.807, 2.05) is 42.5 Å². The first-order chi connectivity index (χ1) is 13.9. The van der Waals surface area contributed by atoms with Crippen LogP contribution in [-0.2, 0) is 4.79 Å². The molecule has 0 aliphatic heterocycles. The number of aromatic nitrogens is 2. The Balaban J connectivity index is 1.64. The minimum absolute atomic E-state index is 0.240. The first kappa shape index (κ1) is 21.5. The number of nitrogens with one attached hydrogen (secondary N) is 2. The molecule has 1 amide bonds. The van der Waals surface area contributed by atoms with E-state index in [9.17, 15) is 9.59 Å². The zero-order valence-electron chi connectivity index (χ0n) is 15.1. The van der Waals surface area contributed by atoms with Crippen molar-refractivity contribution < 1.29 is 9.53 Å². The summed E-state index contributed by atoms with van der Waals surface area (Å²) in [5, 5.41) is 6.86. The Labute approximate surface area is 191 Å². The number of carbonyl (C=O) groups is 1. The summed E-state index contributed by atoms with van der Waals surface area (Å²) in [6.45, 7) is 1.52. The molecule has 0 unspecified atom stereocenters. The molecule has 150 valence electrons. The zero-order chi connectivity index (χ0) is 21.0. The van der Waals surface area contributed by atoms with E-state index in [2.05, 4.69) is 63.4 Å². The van der Waals surface area contributed by atoms with E-state index >= 15 is 0 Å². The van der Waals surface area contributed by atoms with Gasteiger partial charge in [0.1, 0.15) is 5.75 Å². The van der Waals surface area contributed by atoms with E-state index in [4.69, 9.17) is 4.74 Å². The molecule has 0 fully saturated rings. The van der Waals surface area contributed by atoms with Crippen LogP contribution in [0.5, 0.6) is 5.75 Å². The molecule has 0 aliphatic carbocycles. The number of aryl methyl sites for hydroxylation is 1. The fraction of sp³-hybridized carbons (Fsp3) is 0.105. The summed E-state index contributed by atoms with van der Waals surface area (Å²) >= 11 is 10.1. The van der Waals surface area contributed by atoms with Crippen molar-refractivity contribution in [2.75, 3.05) is 6.61 Å². The van der Waals surface area contributed by atoms with Crippen molar-refractivity contribution in [3.8, 4) is 11.4 Å². The third kappa shape index (κ3) is 5.26. The summed E-state index contributed by atoms with van der Waals surface area (Å²) in [5.74, 6) is 0.0408. The maximum atomic E-state index is 12.6. The lowest BCUT2D eigenvalue weighted by molar-refractivity contribution is -0.123. The van der Waals surface area contributed by atoms with Crippen LogP contribution in [0.2, 0.25) is 0 Å². The van der Waals surface area contributed by atoms with Gasteiger partial charge in [-0.3, -0.25) is 14.7 Å². The van der Waals surface area contributed by atoms with E-state index in [1.54, 1.807) is 6.92 Å². The molecule has 0 radical (unpaired) electrons. The normalized spacial score (nSPS) is 11.0. The Morgan fingerprint density at radius 2 is 1.86 bits per heavy atom. The SMILES string of the molecule is Cc1[nH]n(-c2ccccc2)c(=O)c1/C=N/NC(=O)COc1c(Br)cc(Br)cc1Br. The Morgan fingerprint density at radius 3 is 2.52 bits per heavy atom. The summed E-state index contributed by atoms with van der Waals surface area (Å²) in [4.78, 5) is 24.6. The monoisotopic (exact) mass is 584 g/mol. The van der Waals surface area contributed by atoms with Crippen LogP contribution in [0, 0.1) is 6.92 Å². The molecule has 7 nitrogen and oxygen atoms in total. The molecule has 1 aromatic heterocycles. The number of nitrogens with zero attached hydrogens (tertiary/aromatic N) is 2. The molecule has 0 spiro atoms. The molecular weight excluding hydrogens is 572 g/mol. The van der Waals surface area contributed by atoms with Gasteiger partial charge in [0.25, 0.3) is 11.5 Å². The molecule has 3 aromatic rings. The quantitative estimate of drug-likeness (QED) is 0.334. The van der Waals surface area contributed by atoms with Crippen molar-refractivity contribution in [2.45, 2.75) is 6.92 Å². The van der Waals surface area contributed by atoms with E-state index in [0.717, 1.165) is 4.47 Å². The number of hydrogen-bond acceptors (Lipinski definition) is 4. The van der Waals surface area contributed by atoms with E-state index in [1.165, 1.54) is 10.9 Å². The smallest absolute Gasteiger partial charge is 0.280 e. The summed E-state index contributed by atoms with van der Waals surface area (Å²) in [7, 11) is 0. The Bertz CT molecular complexity index is 1100. The van der Waals surface area contributed by atoms with Gasteiger partial charge in [0, 0.05) is 10.2 Å². The highest BCUT2D eigenvalue weighted by Crippen LogP contribution is 2.36. The van der Waals surface area contributed by atoms with Gasteiger partial charge < -0.3 is 4.74 Å². The average molecular weight is 587 g/mol. The molecule has 10 heteroatoms. The number of hydrogen-bond donors (Lipinski definition) is 2. The molecule has 29 heavy (non-hydrogen) atoms. The number of H-pyrrole nitrogens is 1. The lowest BCUT2D eigenvalue weighted by Crippen LogP contribution is -2.25. The second kappa shape index (κ2) is 9.55. The van der Waals surface area contributed by atoms with Crippen LogP contribution in [0.4, 0.5) is 0 Å². The molecule has 0 bridgehead atoms. The third-order valence-electron chi connectivity index (χ3n) is 3.82. The van der Waals surface area contributed by atoms with E-state index in [0.29, 0.717) is 31.6 Å². The number of carbonyl (C=O) groups excluding carboxylic acids is 1. The van der Waals surface area contributed by atoms with Crippen LogP contribution in [0.15, 0.2) is 65.8 Å². The van der Waals surface area contributed by atoms with Gasteiger partial charge in [0.2, 0.25) is 0 Å². The molecule has 1 heterocycles. The van der Waals surface area contributed by atoms with Crippen molar-refractivity contribution in [2.24, 2.45) is 5.10 Å². The maximum absolute atomic E-state index is 12.6. The maximum Gasteiger partial charge on any atom is 0.280 e. The summed E-state index contributed by atoms with van der Waals surface area (Å²) in [6, 6.07) is 12.8. The van der Waals surface area contributed by atoms with Gasteiger partial charge >= 0.3 is 0 Å². The summed E-state index contributed by atoms with van der Waals surface area (Å²) in [6.07, 6.45) is 1.32. The highest BCUT2D eigenvalue weighted by Gasteiger charge is 2.12. The number of ether oxygens (including phenoxy) is 1. The van der Waals surface area contributed by atoms with Crippen LogP contribution < -0.4 is 15.7 Å². The number of para-hydroxylation sites is 1. The predicted molar refractivity (Wildman–Crippen MR) is 122 cm³/mol. The van der Waals surface area contributed by atoms with Crippen LogP contribution in [0.3, 0.4) is 0 Å². The van der Waals surface area contributed by atoms with Gasteiger partial charge in [-0.1, -0.05) is 34.1 Å². The minimum Gasteiger partial charge on any atom is -0.481 e. The second-order valence-corrected chi connectivity index (χ2v) is 8.53. The first-order valence-corrected chi connectivity index (χ1v) is 10.7. The van der Waals surface area contributed by atoms with Gasteiger partial charge in [0.05, 0.1) is 26.4 Å². The lowest BCUT2D eigenvalue weighted by atomic mass is 10.3. The third-order valence-corrected chi connectivity index (χ3v) is 5.46. The molecule has 2 N–H and O–H groups in total. The molecule has 0 saturated carbocycles. The average Bonchev–Trinajstić information content (AvgIpc) is 2.96. The van der Waals surface area contributed by atoms with Gasteiger partial charge in [-0.05, 0) is 63.0 Å². The number of aromatic amines is 1. The van der Waals surface area contributed by atoms with Crippen LogP contribution >= 0.6 is 47.8 Å². The topological polar surface area (TPSA) is 88.5 Å². The fourth-order valence-corrected chi connectivity index (χ4v) is 4.96. The second-order valence-electron chi connectivity index (χ2n) is 5.91. The number of benzene rings is 2. The van der Waals surface area contributed by atoms with Gasteiger partial charge in [-0.15, -0.1) is 0 Å². The van der Waals surface area contributed by atoms with Crippen molar-refractivity contribution in [3.05, 3.63) is 77.5 Å². The molecular formula is C19H15Br3N4O3. The Kier molecular flexibility index (Phi) is 7.09. The molecule has 2 aromatic carbocycles. The Hall–Kier alpha value is -2.17. The number of halogens is 3. The fourth-order valence-electron chi connectivity index (χ4n) is 2.48. The first-order valence-electron chi connectivity index (χ1n) is 8.33. The summed E-state index contributed by atoms with van der Waals surface area (Å²) in [5.41, 5.74) is 3.80. The molecule has 0 atom stereocenters. The van der Waals surface area contributed by atoms with Crippen LogP contribution in [0.25, 0.3) is 5.69 Å². The van der Waals surface area contributed by atoms with Crippen LogP contribution in [0.1, 0.15) is 11.3 Å². The minimum atomic E-state index is -0.459. The largest absolute Gasteiger partial charge is 0.481 e. The highest BCUT2D eigenvalue weighted by molar-refractivity contribution is 9.11. The van der Waals surface area contributed by atoms with Crippen LogP contribution in [-0.4, -0.2) is 28.5 Å². The highest BCUT2D eigenvalue weighted by atomic mass is 79.9. The van der Waals surface area contributed by atoms with E-state index < -0.39 is 5.91 Å². The zero-order valence-corrected chi connectivity index (χ0v) is 19.8. The number of amides is 1. The summed E-state index contributed by atoms with van der Waals surface area (Å²) < 4.78 is 9.19. The predicted octanol–water partition coefficient (Wildman–Crippen LogP) is 4.29. The van der Waals surface area contributed by atoms with Gasteiger partial charge in [-0.2, -0.15) is 5.10 Å². The standard InChI is InChI=1S/C19H15Br3N4O3/c1-11-14(19(28)26(25-11)13-5-3-2-4-6-13)9-23-24-17(27)10-29-18-15(21)7-12(20)8-16(18)22/h2-9,25H,10H2,1H3,(H,24,27)/b23-9+. The number of hydrazone groups is 1. The van der Waals surface area contributed by atoms with Crippen molar-refractivity contribution in [3.63, 3.8) is 0 Å². The van der Waals surface area contributed by atoms with Crippen molar-refractivity contribution >= 4 is 59.9 Å². The van der Waals surface area contributed by atoms with Crippen molar-refractivity contribution in [1.29, 1.82) is 0 Å². The lowest BCUT2D eigenvalue weighted by Gasteiger charge is -2.09. The van der Waals surface area contributed by atoms with E-state index in [-0.39, 0.29) is 12.2 Å².